The van der Waals surface area contributed by atoms with Gasteiger partial charge >= 0.3 is 12.1 Å². The van der Waals surface area contributed by atoms with Crippen molar-refractivity contribution in [3.05, 3.63) is 70.3 Å². The Balaban J connectivity index is 1.89. The standard InChI is InChI=1S/C21H20F3NO4/c1-12-4-5-16(10-13(12)2)19(27)14(3)29-18(26)11-25-20(28)15-6-8-17(9-7-15)21(22,23)24/h4-10,14H,11H2,1-3H3,(H,25,28). The Hall–Kier alpha value is -3.16. The highest BCUT2D eigenvalue weighted by molar-refractivity contribution is 6.01. The van der Waals surface area contributed by atoms with E-state index in [1.165, 1.54) is 6.92 Å². The number of amides is 1. The number of rotatable bonds is 6. The van der Waals surface area contributed by atoms with Crippen molar-refractivity contribution in [2.45, 2.75) is 33.1 Å². The van der Waals surface area contributed by atoms with Crippen molar-refractivity contribution in [3.63, 3.8) is 0 Å². The van der Waals surface area contributed by atoms with Crippen LogP contribution >= 0.6 is 0 Å². The zero-order chi connectivity index (χ0) is 21.8. The maximum atomic E-state index is 12.5. The highest BCUT2D eigenvalue weighted by Gasteiger charge is 2.30. The van der Waals surface area contributed by atoms with Crippen molar-refractivity contribution in [2.24, 2.45) is 0 Å². The van der Waals surface area contributed by atoms with E-state index < -0.39 is 36.3 Å². The van der Waals surface area contributed by atoms with Crippen molar-refractivity contribution in [3.8, 4) is 0 Å². The summed E-state index contributed by atoms with van der Waals surface area (Å²) in [4.78, 5) is 36.2. The number of carbonyl (C=O) groups is 3. The van der Waals surface area contributed by atoms with Crippen LogP contribution in [-0.2, 0) is 15.7 Å². The molecule has 29 heavy (non-hydrogen) atoms. The second-order valence-electron chi connectivity index (χ2n) is 6.55. The van der Waals surface area contributed by atoms with Crippen molar-refractivity contribution < 1.29 is 32.3 Å². The van der Waals surface area contributed by atoms with E-state index in [-0.39, 0.29) is 11.3 Å². The number of halogens is 3. The van der Waals surface area contributed by atoms with Gasteiger partial charge in [-0.15, -0.1) is 0 Å². The van der Waals surface area contributed by atoms with Gasteiger partial charge in [0.1, 0.15) is 6.54 Å². The fourth-order valence-electron chi connectivity index (χ4n) is 2.49. The van der Waals surface area contributed by atoms with Gasteiger partial charge in [-0.25, -0.2) is 0 Å². The zero-order valence-electron chi connectivity index (χ0n) is 16.1. The van der Waals surface area contributed by atoms with E-state index in [9.17, 15) is 27.6 Å². The predicted octanol–water partition coefficient (Wildman–Crippen LogP) is 3.87. The normalized spacial score (nSPS) is 12.2. The number of aryl methyl sites for hydroxylation is 2. The second kappa shape index (κ2) is 8.89. The molecule has 0 saturated carbocycles. The van der Waals surface area contributed by atoms with Gasteiger partial charge in [-0.2, -0.15) is 13.2 Å². The Morgan fingerprint density at radius 1 is 0.966 bits per heavy atom. The molecular weight excluding hydrogens is 387 g/mol. The molecule has 0 heterocycles. The zero-order valence-corrected chi connectivity index (χ0v) is 16.1. The number of Topliss-reactive ketones (excluding diaryl/α,β-unsaturated/α-hetero) is 1. The largest absolute Gasteiger partial charge is 0.453 e. The maximum absolute atomic E-state index is 12.5. The number of ether oxygens (including phenoxy) is 1. The fourth-order valence-corrected chi connectivity index (χ4v) is 2.49. The molecule has 0 aliphatic carbocycles. The minimum Gasteiger partial charge on any atom is -0.453 e. The van der Waals surface area contributed by atoms with Crippen LogP contribution < -0.4 is 5.32 Å². The molecule has 0 aromatic heterocycles. The molecule has 154 valence electrons. The molecule has 1 unspecified atom stereocenters. The number of nitrogens with one attached hydrogen (secondary N) is 1. The third-order valence-corrected chi connectivity index (χ3v) is 4.34. The van der Waals surface area contributed by atoms with Crippen molar-refractivity contribution in [1.29, 1.82) is 0 Å². The summed E-state index contributed by atoms with van der Waals surface area (Å²) in [5.74, 6) is -1.95. The Labute approximate surface area is 165 Å². The summed E-state index contributed by atoms with van der Waals surface area (Å²) in [5.41, 5.74) is 1.44. The van der Waals surface area contributed by atoms with Crippen molar-refractivity contribution in [2.75, 3.05) is 6.54 Å². The third-order valence-electron chi connectivity index (χ3n) is 4.34. The Kier molecular flexibility index (Phi) is 6.79. The van der Waals surface area contributed by atoms with Crippen LogP contribution in [0.15, 0.2) is 42.5 Å². The summed E-state index contributed by atoms with van der Waals surface area (Å²) in [6, 6.07) is 8.71. The van der Waals surface area contributed by atoms with Crippen LogP contribution in [0.4, 0.5) is 13.2 Å². The average Bonchev–Trinajstić information content (AvgIpc) is 2.67. The molecule has 2 rings (SSSR count). The van der Waals surface area contributed by atoms with E-state index in [0.29, 0.717) is 5.56 Å². The first-order chi connectivity index (χ1) is 13.5. The maximum Gasteiger partial charge on any atom is 0.416 e. The lowest BCUT2D eigenvalue weighted by molar-refractivity contribution is -0.145. The van der Waals surface area contributed by atoms with Gasteiger partial charge in [0, 0.05) is 11.1 Å². The molecule has 0 bridgehead atoms. The second-order valence-corrected chi connectivity index (χ2v) is 6.55. The van der Waals surface area contributed by atoms with Gasteiger partial charge in [0.2, 0.25) is 5.78 Å². The monoisotopic (exact) mass is 407 g/mol. The van der Waals surface area contributed by atoms with Crippen LogP contribution in [0.1, 0.15) is 44.3 Å². The molecule has 1 atom stereocenters. The van der Waals surface area contributed by atoms with Gasteiger partial charge in [0.25, 0.3) is 5.91 Å². The molecule has 0 aliphatic heterocycles. The van der Waals surface area contributed by atoms with Gasteiger partial charge in [-0.1, -0.05) is 12.1 Å². The van der Waals surface area contributed by atoms with Crippen LogP contribution in [0, 0.1) is 13.8 Å². The van der Waals surface area contributed by atoms with Gasteiger partial charge in [0.05, 0.1) is 5.56 Å². The summed E-state index contributed by atoms with van der Waals surface area (Å²) >= 11 is 0. The first-order valence-electron chi connectivity index (χ1n) is 8.75. The first kappa shape index (κ1) is 22.1. The third kappa shape index (κ3) is 5.91. The number of hydrogen-bond acceptors (Lipinski definition) is 4. The van der Waals surface area contributed by atoms with Gasteiger partial charge in [-0.05, 0) is 62.2 Å². The van der Waals surface area contributed by atoms with Crippen LogP contribution in [0.3, 0.4) is 0 Å². The molecule has 0 spiro atoms. The molecule has 5 nitrogen and oxygen atoms in total. The minimum absolute atomic E-state index is 0.0370. The minimum atomic E-state index is -4.50. The Bertz CT molecular complexity index is 921. The number of ketones is 1. The summed E-state index contributed by atoms with van der Waals surface area (Å²) in [6.45, 7) is 4.67. The van der Waals surface area contributed by atoms with E-state index in [1.54, 1.807) is 18.2 Å². The lowest BCUT2D eigenvalue weighted by Crippen LogP contribution is -2.34. The van der Waals surface area contributed by atoms with E-state index in [2.05, 4.69) is 5.32 Å². The molecule has 8 heteroatoms. The van der Waals surface area contributed by atoms with Crippen LogP contribution in [0.25, 0.3) is 0 Å². The SMILES string of the molecule is Cc1ccc(C(=O)C(C)OC(=O)CNC(=O)c2ccc(C(F)(F)F)cc2)cc1C. The molecule has 0 radical (unpaired) electrons. The molecule has 2 aromatic rings. The van der Waals surface area contributed by atoms with E-state index in [4.69, 9.17) is 4.74 Å². The highest BCUT2D eigenvalue weighted by atomic mass is 19.4. The summed E-state index contributed by atoms with van der Waals surface area (Å²) in [6.07, 6.45) is -5.55. The molecule has 0 fully saturated rings. The van der Waals surface area contributed by atoms with Crippen molar-refractivity contribution >= 4 is 17.7 Å². The first-order valence-corrected chi connectivity index (χ1v) is 8.75. The lowest BCUT2D eigenvalue weighted by Gasteiger charge is -2.14. The number of carbonyl (C=O) groups excluding carboxylic acids is 3. The molecule has 1 amide bonds. The molecule has 0 aliphatic rings. The Morgan fingerprint density at radius 3 is 2.10 bits per heavy atom. The Morgan fingerprint density at radius 2 is 1.55 bits per heavy atom. The van der Waals surface area contributed by atoms with Gasteiger partial charge in [0.15, 0.2) is 6.10 Å². The number of alkyl halides is 3. The topological polar surface area (TPSA) is 72.5 Å². The summed E-state index contributed by atoms with van der Waals surface area (Å²) in [7, 11) is 0. The van der Waals surface area contributed by atoms with Gasteiger partial charge in [-0.3, -0.25) is 14.4 Å². The van der Waals surface area contributed by atoms with E-state index in [0.717, 1.165) is 35.4 Å². The number of benzene rings is 2. The van der Waals surface area contributed by atoms with Crippen LogP contribution in [-0.4, -0.2) is 30.3 Å². The van der Waals surface area contributed by atoms with Crippen LogP contribution in [0.2, 0.25) is 0 Å². The summed E-state index contributed by atoms with van der Waals surface area (Å²) in [5, 5.41) is 2.25. The highest BCUT2D eigenvalue weighted by Crippen LogP contribution is 2.29. The average molecular weight is 407 g/mol. The molecule has 0 saturated heterocycles. The number of hydrogen-bond donors (Lipinski definition) is 1. The van der Waals surface area contributed by atoms with Crippen LogP contribution in [0.5, 0.6) is 0 Å². The molecule has 2 aromatic carbocycles. The molecular formula is C21H20F3NO4. The quantitative estimate of drug-likeness (QED) is 0.583. The van der Waals surface area contributed by atoms with E-state index in [1.807, 2.05) is 13.8 Å². The lowest BCUT2D eigenvalue weighted by atomic mass is 10.0. The summed E-state index contributed by atoms with van der Waals surface area (Å²) < 4.78 is 42.6. The van der Waals surface area contributed by atoms with Gasteiger partial charge < -0.3 is 10.1 Å². The van der Waals surface area contributed by atoms with Crippen molar-refractivity contribution in [1.82, 2.24) is 5.32 Å². The smallest absolute Gasteiger partial charge is 0.416 e. The fraction of sp³-hybridized carbons (Fsp3) is 0.286. The van der Waals surface area contributed by atoms with E-state index >= 15 is 0 Å². The number of esters is 1. The predicted molar refractivity (Wildman–Crippen MR) is 99.6 cm³/mol. The molecule has 1 N–H and O–H groups in total.